The van der Waals surface area contributed by atoms with E-state index in [0.29, 0.717) is 17.0 Å². The Hall–Kier alpha value is -1.46. The molecule has 0 aliphatic heterocycles. The lowest BCUT2D eigenvalue weighted by Gasteiger charge is -2.20. The second-order valence-corrected chi connectivity index (χ2v) is 5.00. The minimum Gasteiger partial charge on any atom is -0.497 e. The maximum atomic E-state index is 9.46. The summed E-state index contributed by atoms with van der Waals surface area (Å²) in [5, 5.41) is 18.9. The second-order valence-electron chi connectivity index (χ2n) is 5.00. The Bertz CT molecular complexity index is 459. The molecule has 5 heteroatoms. The highest BCUT2D eigenvalue weighted by molar-refractivity contribution is 6.59. The van der Waals surface area contributed by atoms with Gasteiger partial charge in [-0.25, -0.2) is 0 Å². The largest absolute Gasteiger partial charge is 0.497 e. The molecule has 2 rings (SSSR count). The van der Waals surface area contributed by atoms with Crippen LogP contribution < -0.4 is 14.9 Å². The van der Waals surface area contributed by atoms with E-state index in [2.05, 4.69) is 12.2 Å². The Morgan fingerprint density at radius 1 is 1.20 bits per heavy atom. The molecule has 1 aliphatic carbocycles. The van der Waals surface area contributed by atoms with Crippen molar-refractivity contribution in [1.82, 2.24) is 0 Å². The van der Waals surface area contributed by atoms with Gasteiger partial charge in [-0.15, -0.1) is 0 Å². The van der Waals surface area contributed by atoms with Crippen molar-refractivity contribution in [1.29, 1.82) is 0 Å². The first-order valence-corrected chi connectivity index (χ1v) is 7.08. The zero-order valence-corrected chi connectivity index (χ0v) is 11.8. The predicted molar refractivity (Wildman–Crippen MR) is 79.5 cm³/mol. The number of methoxy groups -OCH3 is 1. The van der Waals surface area contributed by atoms with E-state index in [4.69, 9.17) is 9.47 Å². The summed E-state index contributed by atoms with van der Waals surface area (Å²) in [6.45, 7) is 0. The highest BCUT2D eigenvalue weighted by Gasteiger charge is 2.20. The van der Waals surface area contributed by atoms with Crippen LogP contribution in [0.5, 0.6) is 11.5 Å². The van der Waals surface area contributed by atoms with E-state index in [1.54, 1.807) is 25.3 Å². The van der Waals surface area contributed by atoms with E-state index < -0.39 is 7.12 Å². The van der Waals surface area contributed by atoms with Crippen LogP contribution in [0.1, 0.15) is 32.1 Å². The third-order valence-electron chi connectivity index (χ3n) is 3.48. The van der Waals surface area contributed by atoms with E-state index in [0.717, 1.165) is 19.3 Å². The lowest BCUT2D eigenvalue weighted by Crippen LogP contribution is -2.33. The minimum atomic E-state index is -1.57. The normalized spacial score (nSPS) is 20.6. The van der Waals surface area contributed by atoms with E-state index in [-0.39, 0.29) is 6.10 Å². The van der Waals surface area contributed by atoms with Gasteiger partial charge in [0, 0.05) is 5.46 Å². The minimum absolute atomic E-state index is 0.0128. The van der Waals surface area contributed by atoms with Gasteiger partial charge in [-0.05, 0) is 50.0 Å². The Balaban J connectivity index is 2.16. The van der Waals surface area contributed by atoms with Gasteiger partial charge in [0.05, 0.1) is 7.11 Å². The van der Waals surface area contributed by atoms with Gasteiger partial charge < -0.3 is 19.5 Å². The Kier molecular flexibility index (Phi) is 5.50. The third-order valence-corrected chi connectivity index (χ3v) is 3.48. The molecule has 1 aromatic rings. The molecular weight excluding hydrogens is 255 g/mol. The van der Waals surface area contributed by atoms with Crippen LogP contribution in [0.2, 0.25) is 0 Å². The maximum Gasteiger partial charge on any atom is 0.492 e. The fraction of sp³-hybridized carbons (Fsp3) is 0.467. The van der Waals surface area contributed by atoms with Gasteiger partial charge >= 0.3 is 7.12 Å². The fourth-order valence-electron chi connectivity index (χ4n) is 2.35. The highest BCUT2D eigenvalue weighted by Crippen LogP contribution is 2.20. The molecule has 0 saturated carbocycles. The van der Waals surface area contributed by atoms with Crippen molar-refractivity contribution in [2.24, 2.45) is 0 Å². The molecule has 0 aromatic heterocycles. The standard InChI is InChI=1S/C15H21BO4/c1-19-13-9-10-15(14(11-13)16(17)18)20-12-7-5-3-2-4-6-8-12/h5,7,9-12,17-18H,2-4,6,8H2,1H3/b7-5+. The van der Waals surface area contributed by atoms with Crippen molar-refractivity contribution < 1.29 is 19.5 Å². The van der Waals surface area contributed by atoms with Crippen LogP contribution in [0, 0.1) is 0 Å². The molecule has 1 aliphatic rings. The monoisotopic (exact) mass is 276 g/mol. The lowest BCUT2D eigenvalue weighted by molar-refractivity contribution is 0.232. The van der Waals surface area contributed by atoms with Crippen LogP contribution in [-0.2, 0) is 0 Å². The smallest absolute Gasteiger partial charge is 0.492 e. The van der Waals surface area contributed by atoms with Crippen molar-refractivity contribution in [3.05, 3.63) is 30.4 Å². The number of rotatable bonds is 4. The van der Waals surface area contributed by atoms with Gasteiger partial charge in [-0.3, -0.25) is 0 Å². The van der Waals surface area contributed by atoms with Gasteiger partial charge in [0.15, 0.2) is 0 Å². The van der Waals surface area contributed by atoms with Crippen molar-refractivity contribution in [3.8, 4) is 11.5 Å². The Labute approximate surface area is 120 Å². The summed E-state index contributed by atoms with van der Waals surface area (Å²) in [7, 11) is -0.0290. The summed E-state index contributed by atoms with van der Waals surface area (Å²) in [6.07, 6.45) is 9.79. The number of hydrogen-bond donors (Lipinski definition) is 2. The van der Waals surface area contributed by atoms with Crippen molar-refractivity contribution >= 4 is 12.6 Å². The highest BCUT2D eigenvalue weighted by atomic mass is 16.5. The molecule has 1 aromatic carbocycles. The zero-order chi connectivity index (χ0) is 14.4. The van der Waals surface area contributed by atoms with Gasteiger partial charge in [0.2, 0.25) is 0 Å². The molecule has 0 radical (unpaired) electrons. The first kappa shape index (κ1) is 14.9. The van der Waals surface area contributed by atoms with Gasteiger partial charge in [-0.1, -0.05) is 12.5 Å². The second kappa shape index (κ2) is 7.36. The Morgan fingerprint density at radius 3 is 2.80 bits per heavy atom. The summed E-state index contributed by atoms with van der Waals surface area (Å²) in [4.78, 5) is 0. The molecule has 108 valence electrons. The zero-order valence-electron chi connectivity index (χ0n) is 11.8. The van der Waals surface area contributed by atoms with Gasteiger partial charge in [-0.2, -0.15) is 0 Å². The maximum absolute atomic E-state index is 9.46. The lowest BCUT2D eigenvalue weighted by atomic mass is 9.79. The summed E-state index contributed by atoms with van der Waals surface area (Å²) >= 11 is 0. The third kappa shape index (κ3) is 4.02. The molecule has 2 N–H and O–H groups in total. The molecule has 0 saturated heterocycles. The molecule has 0 fully saturated rings. The van der Waals surface area contributed by atoms with Crippen LogP contribution >= 0.6 is 0 Å². The van der Waals surface area contributed by atoms with Gasteiger partial charge in [0.1, 0.15) is 17.6 Å². The van der Waals surface area contributed by atoms with Crippen LogP contribution in [0.4, 0.5) is 0 Å². The topological polar surface area (TPSA) is 58.9 Å². The van der Waals surface area contributed by atoms with Crippen molar-refractivity contribution in [3.63, 3.8) is 0 Å². The van der Waals surface area contributed by atoms with Crippen LogP contribution in [-0.4, -0.2) is 30.4 Å². The Morgan fingerprint density at radius 2 is 2.05 bits per heavy atom. The van der Waals surface area contributed by atoms with Crippen molar-refractivity contribution in [2.45, 2.75) is 38.2 Å². The predicted octanol–water partition coefficient (Wildman–Crippen LogP) is 1.64. The molecule has 0 bridgehead atoms. The average Bonchev–Trinajstić information content (AvgIpc) is 2.41. The van der Waals surface area contributed by atoms with Crippen LogP contribution in [0.25, 0.3) is 0 Å². The molecule has 0 spiro atoms. The number of hydrogen-bond acceptors (Lipinski definition) is 4. The summed E-state index contributed by atoms with van der Waals surface area (Å²) in [5.74, 6) is 1.07. The molecule has 1 atom stereocenters. The first-order chi connectivity index (χ1) is 9.70. The van der Waals surface area contributed by atoms with Crippen LogP contribution in [0.15, 0.2) is 30.4 Å². The first-order valence-electron chi connectivity index (χ1n) is 7.08. The quantitative estimate of drug-likeness (QED) is 0.648. The molecular formula is C15H21BO4. The fourth-order valence-corrected chi connectivity index (χ4v) is 2.35. The molecule has 1 unspecified atom stereocenters. The van der Waals surface area contributed by atoms with Crippen LogP contribution in [0.3, 0.4) is 0 Å². The van der Waals surface area contributed by atoms with E-state index >= 15 is 0 Å². The molecule has 20 heavy (non-hydrogen) atoms. The average molecular weight is 276 g/mol. The summed E-state index contributed by atoms with van der Waals surface area (Å²) in [5.41, 5.74) is 0.333. The number of ether oxygens (including phenoxy) is 2. The van der Waals surface area contributed by atoms with Crippen molar-refractivity contribution in [2.75, 3.05) is 7.11 Å². The molecule has 4 nitrogen and oxygen atoms in total. The molecule has 0 amide bonds. The van der Waals surface area contributed by atoms with E-state index in [9.17, 15) is 10.0 Å². The van der Waals surface area contributed by atoms with E-state index in [1.165, 1.54) is 12.8 Å². The number of benzene rings is 1. The number of allylic oxidation sites excluding steroid dienone is 1. The van der Waals surface area contributed by atoms with E-state index in [1.807, 2.05) is 0 Å². The summed E-state index contributed by atoms with van der Waals surface area (Å²) in [6, 6.07) is 5.07. The SMILES string of the molecule is COc1ccc(OC2/C=C/CCCCC2)c(B(O)O)c1. The van der Waals surface area contributed by atoms with Gasteiger partial charge in [0.25, 0.3) is 0 Å². The molecule has 0 heterocycles. The summed E-state index contributed by atoms with van der Waals surface area (Å²) < 4.78 is 11.0.